The molecule has 0 saturated heterocycles. The molecule has 0 bridgehead atoms. The first-order valence-corrected chi connectivity index (χ1v) is 5.45. The van der Waals surface area contributed by atoms with Gasteiger partial charge in [0.1, 0.15) is 0 Å². The summed E-state index contributed by atoms with van der Waals surface area (Å²) in [6, 6.07) is 0.184. The Labute approximate surface area is 76.4 Å². The Bertz CT molecular complexity index is 134. The molecule has 74 valence electrons. The van der Waals surface area contributed by atoms with Crippen molar-refractivity contribution in [3.8, 4) is 0 Å². The number of hydrogen-bond donors (Lipinski definition) is 2. The first-order valence-electron chi connectivity index (χ1n) is 4.25. The molecule has 0 aliphatic heterocycles. The topological polar surface area (TPSA) is 43.7 Å². The molecule has 0 aliphatic carbocycles. The molecule has 0 aromatic rings. The number of nitrogens with zero attached hydrogens (tertiary/aromatic N) is 1. The first kappa shape index (κ1) is 12.3. The predicted molar refractivity (Wildman–Crippen MR) is 52.7 cm³/mol. The van der Waals surface area contributed by atoms with Gasteiger partial charge in [-0.3, -0.25) is 0 Å². The molecule has 0 aromatic heterocycles. The third-order valence-corrected chi connectivity index (χ3v) is 3.34. The molecule has 3 nitrogen and oxygen atoms in total. The van der Waals surface area contributed by atoms with E-state index in [0.29, 0.717) is 6.54 Å². The van der Waals surface area contributed by atoms with Gasteiger partial charge in [-0.15, -0.1) is 0 Å². The molecule has 2 N–H and O–H groups in total. The monoisotopic (exact) mass is 193 g/mol. The molecule has 0 radical (unpaired) electrons. The Kier molecular flexibility index (Phi) is 4.64. The highest BCUT2D eigenvalue weighted by Gasteiger charge is 2.29. The van der Waals surface area contributed by atoms with Crippen molar-refractivity contribution < 1.29 is 9.79 Å². The Morgan fingerprint density at radius 3 is 1.83 bits per heavy atom. The van der Waals surface area contributed by atoms with Gasteiger partial charge in [-0.1, -0.05) is 27.7 Å². The van der Waals surface area contributed by atoms with E-state index >= 15 is 0 Å². The van der Waals surface area contributed by atoms with Gasteiger partial charge in [0.05, 0.1) is 0 Å². The lowest BCUT2D eigenvalue weighted by atomic mass is 9.88. The molecule has 0 rings (SSSR count). The van der Waals surface area contributed by atoms with Crippen LogP contribution in [0.4, 0.5) is 0 Å². The van der Waals surface area contributed by atoms with Crippen molar-refractivity contribution in [3.63, 3.8) is 0 Å². The minimum atomic E-state index is -1.93. The number of hydrogen-bond acceptors (Lipinski definition) is 3. The summed E-state index contributed by atoms with van der Waals surface area (Å²) in [6.07, 6.45) is 0. The van der Waals surface area contributed by atoms with E-state index in [1.165, 1.54) is 0 Å². The molecular weight excluding hydrogens is 173 g/mol. The van der Waals surface area contributed by atoms with Crippen molar-refractivity contribution in [3.05, 3.63) is 0 Å². The van der Waals surface area contributed by atoms with Crippen molar-refractivity contribution in [2.45, 2.75) is 40.7 Å². The highest BCUT2D eigenvalue weighted by Crippen LogP contribution is 2.37. The van der Waals surface area contributed by atoms with E-state index in [2.05, 4.69) is 20.8 Å². The van der Waals surface area contributed by atoms with Crippen LogP contribution in [0.25, 0.3) is 0 Å². The predicted octanol–water partition coefficient (Wildman–Crippen LogP) is 1.95. The van der Waals surface area contributed by atoms with Gasteiger partial charge < -0.3 is 9.79 Å². The van der Waals surface area contributed by atoms with Crippen LogP contribution in [0.3, 0.4) is 0 Å². The van der Waals surface area contributed by atoms with Crippen LogP contribution < -0.4 is 0 Å². The summed E-state index contributed by atoms with van der Waals surface area (Å²) in [5, 5.41) is 0. The van der Waals surface area contributed by atoms with E-state index in [1.54, 1.807) is 4.67 Å². The van der Waals surface area contributed by atoms with E-state index in [9.17, 15) is 0 Å². The van der Waals surface area contributed by atoms with Gasteiger partial charge in [0.25, 0.3) is 8.53 Å². The maximum atomic E-state index is 9.09. The van der Waals surface area contributed by atoms with Crippen molar-refractivity contribution >= 4 is 8.53 Å². The lowest BCUT2D eigenvalue weighted by Crippen LogP contribution is -2.38. The summed E-state index contributed by atoms with van der Waals surface area (Å²) in [5.74, 6) is 0. The average Bonchev–Trinajstić information content (AvgIpc) is 1.86. The van der Waals surface area contributed by atoms with Gasteiger partial charge in [-0.2, -0.15) is 0 Å². The van der Waals surface area contributed by atoms with Crippen LogP contribution in [-0.4, -0.2) is 27.0 Å². The molecule has 0 aromatic carbocycles. The van der Waals surface area contributed by atoms with Gasteiger partial charge in [-0.25, -0.2) is 4.67 Å². The molecule has 0 spiro atoms. The minimum absolute atomic E-state index is 0.0854. The SMILES string of the molecule is CCN(C(C)C(C)(C)C)P(O)O. The lowest BCUT2D eigenvalue weighted by molar-refractivity contribution is 0.179. The minimum Gasteiger partial charge on any atom is -0.338 e. The van der Waals surface area contributed by atoms with Gasteiger partial charge >= 0.3 is 0 Å². The fraction of sp³-hybridized carbons (Fsp3) is 1.00. The molecule has 4 heteroatoms. The highest BCUT2D eigenvalue weighted by atomic mass is 31.2. The summed E-state index contributed by atoms with van der Waals surface area (Å²) in [5.41, 5.74) is 0.0854. The molecule has 12 heavy (non-hydrogen) atoms. The molecule has 0 aliphatic rings. The van der Waals surface area contributed by atoms with Crippen LogP contribution >= 0.6 is 8.53 Å². The molecule has 0 fully saturated rings. The largest absolute Gasteiger partial charge is 0.338 e. The second kappa shape index (κ2) is 4.52. The van der Waals surface area contributed by atoms with E-state index < -0.39 is 8.53 Å². The van der Waals surface area contributed by atoms with E-state index in [1.807, 2.05) is 13.8 Å². The first-order chi connectivity index (χ1) is 5.30. The van der Waals surface area contributed by atoms with Crippen LogP contribution in [0.5, 0.6) is 0 Å². The molecule has 0 heterocycles. The normalized spacial score (nSPS) is 15.8. The summed E-state index contributed by atoms with van der Waals surface area (Å²) in [4.78, 5) is 18.2. The summed E-state index contributed by atoms with van der Waals surface area (Å²) >= 11 is 0. The lowest BCUT2D eigenvalue weighted by Gasteiger charge is -2.36. The fourth-order valence-corrected chi connectivity index (χ4v) is 1.91. The molecule has 0 saturated carbocycles. The average molecular weight is 193 g/mol. The number of rotatable bonds is 3. The second-order valence-electron chi connectivity index (χ2n) is 4.07. The zero-order valence-electron chi connectivity index (χ0n) is 8.57. The van der Waals surface area contributed by atoms with Gasteiger partial charge in [0.15, 0.2) is 0 Å². The third kappa shape index (κ3) is 3.36. The van der Waals surface area contributed by atoms with Crippen molar-refractivity contribution in [2.24, 2.45) is 5.41 Å². The van der Waals surface area contributed by atoms with Gasteiger partial charge in [0, 0.05) is 12.6 Å². The molecule has 1 atom stereocenters. The van der Waals surface area contributed by atoms with Gasteiger partial charge in [-0.05, 0) is 12.3 Å². The van der Waals surface area contributed by atoms with Crippen LogP contribution in [0.2, 0.25) is 0 Å². The van der Waals surface area contributed by atoms with Crippen LogP contribution in [0, 0.1) is 5.41 Å². The van der Waals surface area contributed by atoms with Gasteiger partial charge in [0.2, 0.25) is 0 Å². The fourth-order valence-electron chi connectivity index (χ4n) is 1.00. The van der Waals surface area contributed by atoms with Crippen LogP contribution in [0.1, 0.15) is 34.6 Å². The summed E-state index contributed by atoms with van der Waals surface area (Å²) < 4.78 is 1.72. The zero-order chi connectivity index (χ0) is 9.94. The van der Waals surface area contributed by atoms with E-state index in [-0.39, 0.29) is 11.5 Å². The maximum Gasteiger partial charge on any atom is 0.253 e. The van der Waals surface area contributed by atoms with Crippen LogP contribution in [0.15, 0.2) is 0 Å². The molecule has 0 amide bonds. The smallest absolute Gasteiger partial charge is 0.253 e. The standard InChI is InChI=1S/C8H20NO2P/c1-6-9(12(10)11)7(2)8(3,4)5/h7,10-11H,6H2,1-5H3. The Balaban J connectivity index is 4.32. The molecular formula is C8H20NO2P. The quantitative estimate of drug-likeness (QED) is 0.673. The van der Waals surface area contributed by atoms with Crippen molar-refractivity contribution in [1.29, 1.82) is 0 Å². The Hall–Kier alpha value is 0.310. The van der Waals surface area contributed by atoms with Crippen LogP contribution in [-0.2, 0) is 0 Å². The zero-order valence-corrected chi connectivity index (χ0v) is 9.47. The van der Waals surface area contributed by atoms with Crippen molar-refractivity contribution in [1.82, 2.24) is 4.67 Å². The Morgan fingerprint density at radius 2 is 1.75 bits per heavy atom. The third-order valence-electron chi connectivity index (χ3n) is 2.25. The summed E-state index contributed by atoms with van der Waals surface area (Å²) in [7, 11) is -1.93. The van der Waals surface area contributed by atoms with Crippen molar-refractivity contribution in [2.75, 3.05) is 6.54 Å². The molecule has 1 unspecified atom stereocenters. The second-order valence-corrected chi connectivity index (χ2v) is 5.12. The maximum absolute atomic E-state index is 9.09. The van der Waals surface area contributed by atoms with E-state index in [4.69, 9.17) is 9.79 Å². The van der Waals surface area contributed by atoms with E-state index in [0.717, 1.165) is 0 Å². The Morgan fingerprint density at radius 1 is 1.33 bits per heavy atom. The highest BCUT2D eigenvalue weighted by molar-refractivity contribution is 7.42. The summed E-state index contributed by atoms with van der Waals surface area (Å²) in [6.45, 7) is 10.9.